The maximum absolute atomic E-state index is 13.4. The van der Waals surface area contributed by atoms with Gasteiger partial charge in [0.15, 0.2) is 11.5 Å². The summed E-state index contributed by atoms with van der Waals surface area (Å²) in [5.41, 5.74) is 4.68. The molecule has 4 rings (SSSR count). The van der Waals surface area contributed by atoms with Crippen LogP contribution in [0.2, 0.25) is 0 Å². The van der Waals surface area contributed by atoms with Crippen LogP contribution >= 0.6 is 0 Å². The summed E-state index contributed by atoms with van der Waals surface area (Å²) in [6.07, 6.45) is 4.52. The molecule has 0 saturated heterocycles. The molecule has 2 aliphatic rings. The molecular weight excluding hydrogens is 442 g/mol. The van der Waals surface area contributed by atoms with E-state index in [1.54, 1.807) is 19.1 Å². The minimum atomic E-state index is -0.589. The molecule has 3 amide bonds. The first-order chi connectivity index (χ1) is 16.9. The number of aryl methyl sites for hydroxylation is 1. The van der Waals surface area contributed by atoms with E-state index < -0.39 is 6.04 Å². The predicted molar refractivity (Wildman–Crippen MR) is 136 cm³/mol. The first kappa shape index (κ1) is 24.9. The number of hydrogen-bond acceptors (Lipinski definition) is 4. The number of ether oxygens (including phenoxy) is 2. The van der Waals surface area contributed by atoms with E-state index in [-0.39, 0.29) is 23.9 Å². The summed E-state index contributed by atoms with van der Waals surface area (Å²) in [4.78, 5) is 28.5. The average molecular weight is 480 g/mol. The Morgan fingerprint density at radius 2 is 1.77 bits per heavy atom. The first-order valence-electron chi connectivity index (χ1n) is 12.6. The quantitative estimate of drug-likeness (QED) is 0.618. The van der Waals surface area contributed by atoms with E-state index in [0.717, 1.165) is 43.2 Å². The number of nitrogens with zero attached hydrogens (tertiary/aromatic N) is 1. The van der Waals surface area contributed by atoms with Crippen molar-refractivity contribution in [3.63, 3.8) is 0 Å². The summed E-state index contributed by atoms with van der Waals surface area (Å²) in [7, 11) is 3.23. The van der Waals surface area contributed by atoms with E-state index in [1.807, 2.05) is 38.1 Å². The van der Waals surface area contributed by atoms with Crippen LogP contribution in [0.15, 0.2) is 36.4 Å². The van der Waals surface area contributed by atoms with Gasteiger partial charge >= 0.3 is 6.03 Å². The Hall–Kier alpha value is -3.22. The van der Waals surface area contributed by atoms with Crippen LogP contribution in [-0.4, -0.2) is 43.6 Å². The Morgan fingerprint density at radius 3 is 2.49 bits per heavy atom. The molecule has 0 bridgehead atoms. The van der Waals surface area contributed by atoms with E-state index in [1.165, 1.54) is 11.1 Å². The van der Waals surface area contributed by atoms with Crippen LogP contribution in [0.25, 0.3) is 0 Å². The highest BCUT2D eigenvalue weighted by Crippen LogP contribution is 2.33. The molecule has 2 N–H and O–H groups in total. The lowest BCUT2D eigenvalue weighted by Gasteiger charge is -2.33. The van der Waals surface area contributed by atoms with Crippen molar-refractivity contribution in [2.75, 3.05) is 20.8 Å². The normalized spacial score (nSPS) is 18.5. The van der Waals surface area contributed by atoms with Crippen LogP contribution in [0.4, 0.5) is 4.79 Å². The van der Waals surface area contributed by atoms with Crippen molar-refractivity contribution in [2.45, 2.75) is 64.6 Å². The minimum absolute atomic E-state index is 0.0132. The molecule has 1 aliphatic carbocycles. The van der Waals surface area contributed by atoms with E-state index in [9.17, 15) is 9.59 Å². The minimum Gasteiger partial charge on any atom is -0.493 e. The number of rotatable bonds is 7. The fraction of sp³-hybridized carbons (Fsp3) is 0.500. The molecule has 0 fully saturated rings. The lowest BCUT2D eigenvalue weighted by Crippen LogP contribution is -2.55. The van der Waals surface area contributed by atoms with Crippen molar-refractivity contribution in [1.82, 2.24) is 15.5 Å². The first-order valence-corrected chi connectivity index (χ1v) is 12.6. The van der Waals surface area contributed by atoms with Crippen molar-refractivity contribution < 1.29 is 19.1 Å². The Bertz CT molecular complexity index is 1070. The highest BCUT2D eigenvalue weighted by Gasteiger charge is 2.32. The van der Waals surface area contributed by atoms with Crippen LogP contribution < -0.4 is 20.1 Å². The third-order valence-corrected chi connectivity index (χ3v) is 7.47. The number of fused-ring (bicyclic) bond motifs is 2. The molecule has 188 valence electrons. The lowest BCUT2D eigenvalue weighted by molar-refractivity contribution is -0.125. The number of urea groups is 1. The highest BCUT2D eigenvalue weighted by molar-refractivity contribution is 5.87. The number of hydrogen-bond donors (Lipinski definition) is 2. The van der Waals surface area contributed by atoms with E-state index in [0.29, 0.717) is 24.6 Å². The summed E-state index contributed by atoms with van der Waals surface area (Å²) in [5.74, 6) is 1.25. The van der Waals surface area contributed by atoms with Gasteiger partial charge < -0.3 is 25.0 Å². The standard InChI is InChI=1S/C28H37N3O4/c1-5-18(2)26(27(32)29-23-12-8-10-19-9-6-7-11-22(19)23)30-28(33)31-14-13-20-15-24(34-3)25(35-4)16-21(20)17-31/h6-7,9,11,15-16,18,23,26H,5,8,10,12-14,17H2,1-4H3,(H,29,32)(H,30,33)/t18-,23-,26-/m0/s1. The maximum atomic E-state index is 13.4. The zero-order valence-electron chi connectivity index (χ0n) is 21.2. The van der Waals surface area contributed by atoms with Crippen LogP contribution in [0.3, 0.4) is 0 Å². The van der Waals surface area contributed by atoms with Crippen LogP contribution in [-0.2, 0) is 24.2 Å². The van der Waals surface area contributed by atoms with Gasteiger partial charge in [0.2, 0.25) is 5.91 Å². The van der Waals surface area contributed by atoms with E-state index in [2.05, 4.69) is 22.8 Å². The highest BCUT2D eigenvalue weighted by atomic mass is 16.5. The van der Waals surface area contributed by atoms with Gasteiger partial charge in [-0.3, -0.25) is 4.79 Å². The summed E-state index contributed by atoms with van der Waals surface area (Å²) in [6, 6.07) is 11.4. The molecule has 2 aromatic rings. The number of methoxy groups -OCH3 is 2. The third kappa shape index (κ3) is 5.39. The second kappa shape index (κ2) is 11.0. The van der Waals surface area contributed by atoms with Crippen molar-refractivity contribution >= 4 is 11.9 Å². The number of benzene rings is 2. The van der Waals surface area contributed by atoms with Gasteiger partial charge in [-0.15, -0.1) is 0 Å². The van der Waals surface area contributed by atoms with E-state index >= 15 is 0 Å². The molecule has 0 radical (unpaired) electrons. The van der Waals surface area contributed by atoms with Gasteiger partial charge in [0.25, 0.3) is 0 Å². The molecule has 0 saturated carbocycles. The van der Waals surface area contributed by atoms with Crippen LogP contribution in [0.5, 0.6) is 11.5 Å². The fourth-order valence-electron chi connectivity index (χ4n) is 5.15. The largest absolute Gasteiger partial charge is 0.493 e. The van der Waals surface area contributed by atoms with E-state index in [4.69, 9.17) is 9.47 Å². The number of carbonyl (C=O) groups excluding carboxylic acids is 2. The zero-order valence-corrected chi connectivity index (χ0v) is 21.2. The molecule has 1 aliphatic heterocycles. The van der Waals surface area contributed by atoms with Gasteiger partial charge in [0, 0.05) is 13.1 Å². The number of carbonyl (C=O) groups is 2. The second-order valence-electron chi connectivity index (χ2n) is 9.61. The molecule has 7 nitrogen and oxygen atoms in total. The molecule has 35 heavy (non-hydrogen) atoms. The third-order valence-electron chi connectivity index (χ3n) is 7.47. The molecule has 7 heteroatoms. The monoisotopic (exact) mass is 479 g/mol. The smallest absolute Gasteiger partial charge is 0.318 e. The van der Waals surface area contributed by atoms with Gasteiger partial charge in [-0.2, -0.15) is 0 Å². The Kier molecular flexibility index (Phi) is 7.83. The number of nitrogens with one attached hydrogen (secondary N) is 2. The Morgan fingerprint density at radius 1 is 1.06 bits per heavy atom. The van der Waals surface area contributed by atoms with Gasteiger partial charge in [-0.25, -0.2) is 4.79 Å². The molecule has 0 unspecified atom stereocenters. The van der Waals surface area contributed by atoms with Crippen LogP contribution in [0, 0.1) is 5.92 Å². The fourth-order valence-corrected chi connectivity index (χ4v) is 5.15. The summed E-state index contributed by atoms with van der Waals surface area (Å²) in [5, 5.41) is 6.29. The maximum Gasteiger partial charge on any atom is 0.318 e. The topological polar surface area (TPSA) is 79.9 Å². The predicted octanol–water partition coefficient (Wildman–Crippen LogP) is 4.38. The van der Waals surface area contributed by atoms with Gasteiger partial charge in [-0.1, -0.05) is 44.5 Å². The summed E-state index contributed by atoms with van der Waals surface area (Å²) < 4.78 is 10.9. The molecule has 1 heterocycles. The molecular formula is C28H37N3O4. The molecule has 3 atom stereocenters. The van der Waals surface area contributed by atoms with Crippen molar-refractivity contribution in [3.05, 3.63) is 58.7 Å². The SMILES string of the molecule is CC[C@H](C)[C@H](NC(=O)N1CCc2cc(OC)c(OC)cc2C1)C(=O)N[C@H]1CCCc2ccccc21. The van der Waals surface area contributed by atoms with Crippen molar-refractivity contribution in [3.8, 4) is 11.5 Å². The molecule has 2 aromatic carbocycles. The number of amides is 3. The van der Waals surface area contributed by atoms with Crippen molar-refractivity contribution in [2.24, 2.45) is 5.92 Å². The van der Waals surface area contributed by atoms with Gasteiger partial charge in [0.05, 0.1) is 20.3 Å². The van der Waals surface area contributed by atoms with Gasteiger partial charge in [-0.05, 0) is 66.0 Å². The Balaban J connectivity index is 1.46. The lowest BCUT2D eigenvalue weighted by atomic mass is 9.87. The summed E-state index contributed by atoms with van der Waals surface area (Å²) >= 11 is 0. The van der Waals surface area contributed by atoms with Crippen molar-refractivity contribution in [1.29, 1.82) is 0 Å². The molecule has 0 spiro atoms. The Labute approximate surface area is 208 Å². The summed E-state index contributed by atoms with van der Waals surface area (Å²) in [6.45, 7) is 5.11. The zero-order chi connectivity index (χ0) is 24.9. The second-order valence-corrected chi connectivity index (χ2v) is 9.61. The van der Waals surface area contributed by atoms with Crippen LogP contribution in [0.1, 0.15) is 61.4 Å². The molecule has 0 aromatic heterocycles. The average Bonchev–Trinajstić information content (AvgIpc) is 2.90. The van der Waals surface area contributed by atoms with Gasteiger partial charge in [0.1, 0.15) is 6.04 Å².